The molecule has 104 valence electrons. The van der Waals surface area contributed by atoms with Gasteiger partial charge in [0.1, 0.15) is 5.75 Å². The fraction of sp³-hybridized carbons (Fsp3) is 0.385. The number of anilines is 1. The molecule has 0 unspecified atom stereocenters. The van der Waals surface area contributed by atoms with Crippen LogP contribution in [0.4, 0.5) is 5.69 Å². The van der Waals surface area contributed by atoms with Crippen LogP contribution in [0, 0.1) is 0 Å². The quantitative estimate of drug-likeness (QED) is 0.613. The van der Waals surface area contributed by atoms with Crippen molar-refractivity contribution in [1.82, 2.24) is 5.32 Å². The fourth-order valence-corrected chi connectivity index (χ4v) is 1.39. The van der Waals surface area contributed by atoms with E-state index in [4.69, 9.17) is 9.84 Å². The van der Waals surface area contributed by atoms with Crippen LogP contribution >= 0.6 is 0 Å². The van der Waals surface area contributed by atoms with Gasteiger partial charge in [0.15, 0.2) is 6.61 Å². The molecular formula is C13H18N2O4. The first-order valence-corrected chi connectivity index (χ1v) is 6.01. The van der Waals surface area contributed by atoms with Crippen LogP contribution in [0.3, 0.4) is 0 Å². The molecule has 0 spiro atoms. The Balaban J connectivity index is 2.20. The largest absolute Gasteiger partial charge is 0.484 e. The van der Waals surface area contributed by atoms with Gasteiger partial charge in [-0.1, -0.05) is 0 Å². The smallest absolute Gasteiger partial charge is 0.303 e. The van der Waals surface area contributed by atoms with Gasteiger partial charge in [0.2, 0.25) is 0 Å². The number of nitrogens with one attached hydrogen (secondary N) is 2. The number of hydrogen-bond donors (Lipinski definition) is 3. The van der Waals surface area contributed by atoms with E-state index in [0.29, 0.717) is 18.7 Å². The summed E-state index contributed by atoms with van der Waals surface area (Å²) < 4.78 is 5.29. The molecule has 0 saturated carbocycles. The van der Waals surface area contributed by atoms with Crippen molar-refractivity contribution in [3.05, 3.63) is 24.3 Å². The molecule has 0 bridgehead atoms. The summed E-state index contributed by atoms with van der Waals surface area (Å²) in [6, 6.07) is 7.23. The maximum Gasteiger partial charge on any atom is 0.303 e. The summed E-state index contributed by atoms with van der Waals surface area (Å²) in [4.78, 5) is 21.7. The van der Waals surface area contributed by atoms with E-state index in [1.807, 2.05) is 19.2 Å². The topological polar surface area (TPSA) is 87.7 Å². The highest BCUT2D eigenvalue weighted by molar-refractivity contribution is 5.77. The molecule has 0 heterocycles. The van der Waals surface area contributed by atoms with E-state index in [1.165, 1.54) is 0 Å². The van der Waals surface area contributed by atoms with E-state index in [1.54, 1.807) is 12.1 Å². The molecule has 0 saturated heterocycles. The van der Waals surface area contributed by atoms with Crippen LogP contribution in [0.15, 0.2) is 24.3 Å². The van der Waals surface area contributed by atoms with Crippen LogP contribution in [0.2, 0.25) is 0 Å². The van der Waals surface area contributed by atoms with Gasteiger partial charge in [0, 0.05) is 25.7 Å². The number of rotatable bonds is 8. The zero-order valence-corrected chi connectivity index (χ0v) is 10.8. The molecule has 0 atom stereocenters. The molecule has 6 nitrogen and oxygen atoms in total. The third-order valence-corrected chi connectivity index (χ3v) is 2.40. The van der Waals surface area contributed by atoms with Gasteiger partial charge in [0.05, 0.1) is 0 Å². The minimum Gasteiger partial charge on any atom is -0.484 e. The zero-order valence-electron chi connectivity index (χ0n) is 10.8. The van der Waals surface area contributed by atoms with Crippen LogP contribution in [0.5, 0.6) is 5.75 Å². The second-order valence-electron chi connectivity index (χ2n) is 3.91. The Labute approximate surface area is 111 Å². The van der Waals surface area contributed by atoms with Crippen molar-refractivity contribution in [3.63, 3.8) is 0 Å². The Bertz CT molecular complexity index is 417. The maximum atomic E-state index is 11.4. The number of benzene rings is 1. The first-order chi connectivity index (χ1) is 9.11. The number of hydrogen-bond acceptors (Lipinski definition) is 4. The number of ether oxygens (including phenoxy) is 1. The number of amides is 1. The molecule has 3 N–H and O–H groups in total. The average Bonchev–Trinajstić information content (AvgIpc) is 2.41. The molecule has 1 amide bonds. The summed E-state index contributed by atoms with van der Waals surface area (Å²) in [7, 11) is 1.82. The predicted molar refractivity (Wildman–Crippen MR) is 71.4 cm³/mol. The Hall–Kier alpha value is -2.24. The van der Waals surface area contributed by atoms with Gasteiger partial charge in [-0.25, -0.2) is 0 Å². The monoisotopic (exact) mass is 266 g/mol. The minimum absolute atomic E-state index is 0.0482. The number of carboxylic acids is 1. The van der Waals surface area contributed by atoms with Gasteiger partial charge in [-0.15, -0.1) is 0 Å². The predicted octanol–water partition coefficient (Wildman–Crippen LogP) is 1.09. The molecule has 1 aromatic rings. The van der Waals surface area contributed by atoms with Gasteiger partial charge in [-0.3, -0.25) is 9.59 Å². The Morgan fingerprint density at radius 1 is 1.26 bits per heavy atom. The van der Waals surface area contributed by atoms with E-state index in [2.05, 4.69) is 10.6 Å². The van der Waals surface area contributed by atoms with Crippen molar-refractivity contribution < 1.29 is 19.4 Å². The van der Waals surface area contributed by atoms with Crippen LogP contribution in [-0.2, 0) is 9.59 Å². The van der Waals surface area contributed by atoms with Crippen molar-refractivity contribution in [1.29, 1.82) is 0 Å². The molecule has 1 rings (SSSR count). The lowest BCUT2D eigenvalue weighted by atomic mass is 10.3. The van der Waals surface area contributed by atoms with Gasteiger partial charge in [0.25, 0.3) is 5.91 Å². The SMILES string of the molecule is CNc1ccc(OCC(=O)NCCCC(=O)O)cc1. The number of carbonyl (C=O) groups excluding carboxylic acids is 1. The van der Waals surface area contributed by atoms with Crippen molar-refractivity contribution in [2.75, 3.05) is 25.5 Å². The van der Waals surface area contributed by atoms with Gasteiger partial charge in [-0.2, -0.15) is 0 Å². The van der Waals surface area contributed by atoms with Crippen molar-refractivity contribution >= 4 is 17.6 Å². The lowest BCUT2D eigenvalue weighted by molar-refractivity contribution is -0.137. The summed E-state index contributed by atoms with van der Waals surface area (Å²) in [5.74, 6) is -0.516. The van der Waals surface area contributed by atoms with Crippen molar-refractivity contribution in [2.45, 2.75) is 12.8 Å². The molecule has 6 heteroatoms. The molecule has 0 aliphatic carbocycles. The van der Waals surface area contributed by atoms with Gasteiger partial charge < -0.3 is 20.5 Å². The van der Waals surface area contributed by atoms with E-state index in [-0.39, 0.29) is 18.9 Å². The summed E-state index contributed by atoms with van der Waals surface area (Å²) in [5.41, 5.74) is 0.963. The maximum absolute atomic E-state index is 11.4. The third-order valence-electron chi connectivity index (χ3n) is 2.40. The van der Waals surface area contributed by atoms with Crippen LogP contribution < -0.4 is 15.4 Å². The number of carboxylic acid groups (broad SMARTS) is 1. The minimum atomic E-state index is -0.866. The molecule has 0 aromatic heterocycles. The highest BCUT2D eigenvalue weighted by atomic mass is 16.5. The number of carbonyl (C=O) groups is 2. The molecule has 0 fully saturated rings. The summed E-state index contributed by atoms with van der Waals surface area (Å²) in [6.07, 6.45) is 0.463. The highest BCUT2D eigenvalue weighted by Gasteiger charge is 2.03. The van der Waals surface area contributed by atoms with E-state index in [9.17, 15) is 9.59 Å². The van der Waals surface area contributed by atoms with E-state index >= 15 is 0 Å². The second-order valence-corrected chi connectivity index (χ2v) is 3.91. The second kappa shape index (κ2) is 7.97. The third kappa shape index (κ3) is 6.30. The number of aliphatic carboxylic acids is 1. The Morgan fingerprint density at radius 2 is 1.95 bits per heavy atom. The fourth-order valence-electron chi connectivity index (χ4n) is 1.39. The standard InChI is InChI=1S/C13H18N2O4/c1-14-10-4-6-11(7-5-10)19-9-12(16)15-8-2-3-13(17)18/h4-7,14H,2-3,8-9H2,1H3,(H,15,16)(H,17,18). The van der Waals surface area contributed by atoms with Crippen molar-refractivity contribution in [3.8, 4) is 5.75 Å². The molecule has 19 heavy (non-hydrogen) atoms. The average molecular weight is 266 g/mol. The van der Waals surface area contributed by atoms with Gasteiger partial charge >= 0.3 is 5.97 Å². The zero-order chi connectivity index (χ0) is 14.1. The Kier molecular flexibility index (Phi) is 6.21. The van der Waals surface area contributed by atoms with Crippen LogP contribution in [0.1, 0.15) is 12.8 Å². The highest BCUT2D eigenvalue weighted by Crippen LogP contribution is 2.14. The van der Waals surface area contributed by atoms with Crippen LogP contribution in [-0.4, -0.2) is 37.2 Å². The van der Waals surface area contributed by atoms with E-state index < -0.39 is 5.97 Å². The summed E-state index contributed by atoms with van der Waals surface area (Å²) in [6.45, 7) is 0.263. The molecule has 0 aliphatic heterocycles. The first-order valence-electron chi connectivity index (χ1n) is 6.01. The molecule has 1 aromatic carbocycles. The van der Waals surface area contributed by atoms with E-state index in [0.717, 1.165) is 5.69 Å². The molecular weight excluding hydrogens is 248 g/mol. The van der Waals surface area contributed by atoms with Crippen LogP contribution in [0.25, 0.3) is 0 Å². The lowest BCUT2D eigenvalue weighted by Gasteiger charge is -2.07. The first kappa shape index (κ1) is 14.8. The molecule has 0 aliphatic rings. The normalized spacial score (nSPS) is 9.74. The van der Waals surface area contributed by atoms with Crippen molar-refractivity contribution in [2.24, 2.45) is 0 Å². The summed E-state index contributed by atoms with van der Waals surface area (Å²) >= 11 is 0. The van der Waals surface area contributed by atoms with Gasteiger partial charge in [-0.05, 0) is 30.7 Å². The molecule has 0 radical (unpaired) electrons. The summed E-state index contributed by atoms with van der Waals surface area (Å²) in [5, 5.41) is 14.0. The Morgan fingerprint density at radius 3 is 2.53 bits per heavy atom. The lowest BCUT2D eigenvalue weighted by Crippen LogP contribution is -2.29.